The SMILES string of the molecule is Cc1cnc2c(c1)N(C(=O)OC(C)(C)C)CCC2. The van der Waals surface area contributed by atoms with Gasteiger partial charge in [0.15, 0.2) is 0 Å². The molecule has 0 saturated carbocycles. The summed E-state index contributed by atoms with van der Waals surface area (Å²) in [5.74, 6) is 0. The molecule has 2 heterocycles. The average Bonchev–Trinajstić information content (AvgIpc) is 2.25. The highest BCUT2D eigenvalue weighted by molar-refractivity contribution is 5.89. The number of fused-ring (bicyclic) bond motifs is 1. The van der Waals surface area contributed by atoms with E-state index in [-0.39, 0.29) is 6.09 Å². The summed E-state index contributed by atoms with van der Waals surface area (Å²) in [5, 5.41) is 0. The molecule has 4 nitrogen and oxygen atoms in total. The van der Waals surface area contributed by atoms with Crippen molar-refractivity contribution < 1.29 is 9.53 Å². The van der Waals surface area contributed by atoms with E-state index in [4.69, 9.17) is 4.74 Å². The van der Waals surface area contributed by atoms with Gasteiger partial charge in [-0.05, 0) is 52.2 Å². The van der Waals surface area contributed by atoms with Gasteiger partial charge in [-0.25, -0.2) is 4.79 Å². The van der Waals surface area contributed by atoms with Crippen LogP contribution in [0.3, 0.4) is 0 Å². The van der Waals surface area contributed by atoms with Crippen molar-refractivity contribution >= 4 is 11.8 Å². The highest BCUT2D eigenvalue weighted by Gasteiger charge is 2.27. The number of rotatable bonds is 0. The number of ether oxygens (including phenoxy) is 1. The van der Waals surface area contributed by atoms with Gasteiger partial charge in [-0.15, -0.1) is 0 Å². The Bertz CT molecular complexity index is 463. The molecule has 1 aliphatic heterocycles. The lowest BCUT2D eigenvalue weighted by Gasteiger charge is -2.31. The van der Waals surface area contributed by atoms with Crippen LogP contribution in [0, 0.1) is 6.92 Å². The van der Waals surface area contributed by atoms with E-state index in [0.717, 1.165) is 29.8 Å². The molecular formula is C14H20N2O2. The molecule has 0 saturated heterocycles. The number of carbonyl (C=O) groups is 1. The molecule has 18 heavy (non-hydrogen) atoms. The summed E-state index contributed by atoms with van der Waals surface area (Å²) in [7, 11) is 0. The van der Waals surface area contributed by atoms with Crippen molar-refractivity contribution in [3.05, 3.63) is 23.5 Å². The minimum atomic E-state index is -0.466. The Morgan fingerprint density at radius 1 is 1.44 bits per heavy atom. The normalized spacial score (nSPS) is 15.2. The van der Waals surface area contributed by atoms with Crippen LogP contribution in [0.25, 0.3) is 0 Å². The Hall–Kier alpha value is -1.58. The maximum atomic E-state index is 12.2. The summed E-state index contributed by atoms with van der Waals surface area (Å²) in [4.78, 5) is 18.3. The summed E-state index contributed by atoms with van der Waals surface area (Å²) < 4.78 is 5.43. The second-order valence-corrected chi connectivity index (χ2v) is 5.71. The first kappa shape index (κ1) is 12.9. The number of amides is 1. The predicted octanol–water partition coefficient (Wildman–Crippen LogP) is 3.08. The van der Waals surface area contributed by atoms with E-state index >= 15 is 0 Å². The first-order chi connectivity index (χ1) is 8.37. The summed E-state index contributed by atoms with van der Waals surface area (Å²) in [5.41, 5.74) is 2.48. The largest absolute Gasteiger partial charge is 0.443 e. The number of aromatic nitrogens is 1. The van der Waals surface area contributed by atoms with Crippen LogP contribution in [0.2, 0.25) is 0 Å². The molecule has 98 valence electrons. The molecule has 0 fully saturated rings. The first-order valence-electron chi connectivity index (χ1n) is 6.33. The smallest absolute Gasteiger partial charge is 0.414 e. The van der Waals surface area contributed by atoms with E-state index in [0.29, 0.717) is 6.54 Å². The molecule has 0 N–H and O–H groups in total. The molecular weight excluding hydrogens is 228 g/mol. The minimum Gasteiger partial charge on any atom is -0.443 e. The van der Waals surface area contributed by atoms with Gasteiger partial charge in [0.1, 0.15) is 5.60 Å². The number of nitrogens with zero attached hydrogens (tertiary/aromatic N) is 2. The van der Waals surface area contributed by atoms with Crippen LogP contribution in [0.4, 0.5) is 10.5 Å². The molecule has 1 amide bonds. The standard InChI is InChI=1S/C14H20N2O2/c1-10-8-12-11(15-9-10)6-5-7-16(12)13(17)18-14(2,3)4/h8-9H,5-7H2,1-4H3. The van der Waals surface area contributed by atoms with Crippen molar-refractivity contribution in [3.63, 3.8) is 0 Å². The number of aryl methyl sites for hydroxylation is 2. The molecule has 1 aromatic rings. The van der Waals surface area contributed by atoms with Gasteiger partial charge >= 0.3 is 6.09 Å². The van der Waals surface area contributed by atoms with Gasteiger partial charge in [-0.2, -0.15) is 0 Å². The molecule has 0 unspecified atom stereocenters. The topological polar surface area (TPSA) is 42.4 Å². The summed E-state index contributed by atoms with van der Waals surface area (Å²) in [6.07, 6.45) is 3.42. The van der Waals surface area contributed by atoms with Crippen molar-refractivity contribution in [2.75, 3.05) is 11.4 Å². The van der Waals surface area contributed by atoms with Gasteiger partial charge in [-0.3, -0.25) is 9.88 Å². The Morgan fingerprint density at radius 3 is 2.83 bits per heavy atom. The highest BCUT2D eigenvalue weighted by atomic mass is 16.6. The number of carbonyl (C=O) groups excluding carboxylic acids is 1. The second-order valence-electron chi connectivity index (χ2n) is 5.71. The molecule has 2 rings (SSSR count). The zero-order chi connectivity index (χ0) is 13.3. The number of hydrogen-bond donors (Lipinski definition) is 0. The molecule has 1 aliphatic rings. The lowest BCUT2D eigenvalue weighted by atomic mass is 10.1. The third-order valence-corrected chi connectivity index (χ3v) is 2.78. The van der Waals surface area contributed by atoms with Crippen LogP contribution in [-0.2, 0) is 11.2 Å². The lowest BCUT2D eigenvalue weighted by molar-refractivity contribution is 0.0577. The van der Waals surface area contributed by atoms with Gasteiger partial charge in [-0.1, -0.05) is 0 Å². The van der Waals surface area contributed by atoms with Crippen LogP contribution < -0.4 is 4.90 Å². The third kappa shape index (κ3) is 2.81. The van der Waals surface area contributed by atoms with Crippen LogP contribution in [0.15, 0.2) is 12.3 Å². The maximum Gasteiger partial charge on any atom is 0.414 e. The van der Waals surface area contributed by atoms with E-state index < -0.39 is 5.60 Å². The summed E-state index contributed by atoms with van der Waals surface area (Å²) >= 11 is 0. The number of pyridine rings is 1. The fourth-order valence-corrected chi connectivity index (χ4v) is 2.04. The van der Waals surface area contributed by atoms with E-state index in [1.807, 2.05) is 40.0 Å². The number of anilines is 1. The van der Waals surface area contributed by atoms with E-state index in [9.17, 15) is 4.79 Å². The van der Waals surface area contributed by atoms with Crippen molar-refractivity contribution in [1.82, 2.24) is 4.98 Å². The fourth-order valence-electron chi connectivity index (χ4n) is 2.04. The van der Waals surface area contributed by atoms with Crippen molar-refractivity contribution in [3.8, 4) is 0 Å². The van der Waals surface area contributed by atoms with Gasteiger partial charge < -0.3 is 4.74 Å². The fraction of sp³-hybridized carbons (Fsp3) is 0.571. The monoisotopic (exact) mass is 248 g/mol. The quantitative estimate of drug-likeness (QED) is 0.708. The Balaban J connectivity index is 2.27. The zero-order valence-electron chi connectivity index (χ0n) is 11.5. The Morgan fingerprint density at radius 2 is 2.17 bits per heavy atom. The molecule has 0 aliphatic carbocycles. The lowest BCUT2D eigenvalue weighted by Crippen LogP contribution is -2.40. The van der Waals surface area contributed by atoms with Crippen LogP contribution in [0.1, 0.15) is 38.4 Å². The van der Waals surface area contributed by atoms with Gasteiger partial charge in [0.25, 0.3) is 0 Å². The minimum absolute atomic E-state index is 0.282. The van der Waals surface area contributed by atoms with Crippen molar-refractivity contribution in [2.24, 2.45) is 0 Å². The van der Waals surface area contributed by atoms with E-state index in [1.54, 1.807) is 4.90 Å². The first-order valence-corrected chi connectivity index (χ1v) is 6.33. The van der Waals surface area contributed by atoms with E-state index in [2.05, 4.69) is 4.98 Å². The Labute approximate surface area is 108 Å². The molecule has 4 heteroatoms. The predicted molar refractivity (Wildman–Crippen MR) is 70.9 cm³/mol. The zero-order valence-corrected chi connectivity index (χ0v) is 11.5. The van der Waals surface area contributed by atoms with Gasteiger partial charge in [0.2, 0.25) is 0 Å². The molecule has 0 bridgehead atoms. The van der Waals surface area contributed by atoms with E-state index in [1.165, 1.54) is 0 Å². The van der Waals surface area contributed by atoms with Crippen LogP contribution in [0.5, 0.6) is 0 Å². The molecule has 0 aromatic carbocycles. The summed E-state index contributed by atoms with van der Waals surface area (Å²) in [6.45, 7) is 8.32. The maximum absolute atomic E-state index is 12.2. The van der Waals surface area contributed by atoms with Crippen LogP contribution in [-0.4, -0.2) is 23.2 Å². The highest BCUT2D eigenvalue weighted by Crippen LogP contribution is 2.27. The average molecular weight is 248 g/mol. The number of hydrogen-bond acceptors (Lipinski definition) is 3. The van der Waals surface area contributed by atoms with Crippen LogP contribution >= 0.6 is 0 Å². The molecule has 0 spiro atoms. The van der Waals surface area contributed by atoms with Gasteiger partial charge in [0.05, 0.1) is 11.4 Å². The van der Waals surface area contributed by atoms with Crippen molar-refractivity contribution in [2.45, 2.75) is 46.1 Å². The molecule has 0 atom stereocenters. The third-order valence-electron chi connectivity index (χ3n) is 2.78. The summed E-state index contributed by atoms with van der Waals surface area (Å²) in [6, 6.07) is 2.01. The van der Waals surface area contributed by atoms with Gasteiger partial charge in [0, 0.05) is 12.7 Å². The molecule has 0 radical (unpaired) electrons. The second kappa shape index (κ2) is 4.59. The Kier molecular flexibility index (Phi) is 3.28. The molecule has 1 aromatic heterocycles. The van der Waals surface area contributed by atoms with Crippen molar-refractivity contribution in [1.29, 1.82) is 0 Å².